The molecule has 1 heterocycles. The number of hydrogen-bond acceptors (Lipinski definition) is 4. The summed E-state index contributed by atoms with van der Waals surface area (Å²) in [4.78, 5) is 21.3. The van der Waals surface area contributed by atoms with Crippen molar-refractivity contribution in [2.75, 3.05) is 7.11 Å². The Hall–Kier alpha value is -2.47. The van der Waals surface area contributed by atoms with Crippen LogP contribution in [0.5, 0.6) is 5.75 Å². The van der Waals surface area contributed by atoms with Crippen molar-refractivity contribution in [2.45, 2.75) is 55.0 Å². The van der Waals surface area contributed by atoms with Gasteiger partial charge in [0.15, 0.2) is 5.16 Å². The molecule has 0 aliphatic heterocycles. The van der Waals surface area contributed by atoms with E-state index in [1.165, 1.54) is 37.4 Å². The molecular weight excluding hydrogens is 382 g/mol. The van der Waals surface area contributed by atoms with Crippen LogP contribution in [0.15, 0.2) is 53.7 Å². The minimum atomic E-state index is -0.345. The fourth-order valence-electron chi connectivity index (χ4n) is 3.86. The van der Waals surface area contributed by atoms with E-state index in [1.807, 2.05) is 48.5 Å². The number of benzene rings is 2. The van der Waals surface area contributed by atoms with Gasteiger partial charge in [0, 0.05) is 12.1 Å². The second-order valence-corrected chi connectivity index (χ2v) is 8.62. The maximum absolute atomic E-state index is 13.3. The largest absolute Gasteiger partial charge is 0.497 e. The molecule has 1 amide bonds. The van der Waals surface area contributed by atoms with Crippen LogP contribution in [0.3, 0.4) is 0 Å². The minimum Gasteiger partial charge on any atom is -0.497 e. The van der Waals surface area contributed by atoms with Gasteiger partial charge in [-0.15, -0.1) is 0 Å². The molecule has 0 radical (unpaired) electrons. The molecule has 4 rings (SSSR count). The Morgan fingerprint density at radius 2 is 1.90 bits per heavy atom. The van der Waals surface area contributed by atoms with Gasteiger partial charge in [0.1, 0.15) is 11.0 Å². The number of amides is 1. The Morgan fingerprint density at radius 1 is 1.14 bits per heavy atom. The summed E-state index contributed by atoms with van der Waals surface area (Å²) in [6.45, 7) is 0. The number of thioether (sulfide) groups is 1. The van der Waals surface area contributed by atoms with Crippen molar-refractivity contribution >= 4 is 28.7 Å². The number of fused-ring (bicyclic) bond motifs is 1. The zero-order chi connectivity index (χ0) is 20.1. The van der Waals surface area contributed by atoms with Crippen molar-refractivity contribution in [1.29, 1.82) is 0 Å². The molecule has 3 aromatic rings. The van der Waals surface area contributed by atoms with E-state index in [4.69, 9.17) is 4.74 Å². The highest BCUT2D eigenvalue weighted by molar-refractivity contribution is 8.00. The molecule has 1 aliphatic carbocycles. The predicted octanol–water partition coefficient (Wildman–Crippen LogP) is 5.24. The standard InChI is InChI=1S/C23H27N3O2S/c1-28-18-13-14-19-20(15-18)26-23(25-19)29-21(16-9-5-4-6-10-16)22(27)24-17-11-7-2-3-8-12-17/h4-6,9-10,13-15,17,21H,2-3,7-8,11-12H2,1H3,(H,24,27)(H,25,26). The first-order chi connectivity index (χ1) is 14.2. The molecular formula is C23H27N3O2S. The number of H-pyrrole nitrogens is 1. The predicted molar refractivity (Wildman–Crippen MR) is 117 cm³/mol. The number of carbonyl (C=O) groups excluding carboxylic acids is 1. The van der Waals surface area contributed by atoms with Gasteiger partial charge in [0.25, 0.3) is 0 Å². The molecule has 0 spiro atoms. The van der Waals surface area contributed by atoms with Gasteiger partial charge in [-0.1, -0.05) is 67.8 Å². The highest BCUT2D eigenvalue weighted by Crippen LogP contribution is 2.35. The van der Waals surface area contributed by atoms with Gasteiger partial charge < -0.3 is 15.0 Å². The zero-order valence-electron chi connectivity index (χ0n) is 16.7. The molecule has 6 heteroatoms. The fraction of sp³-hybridized carbons (Fsp3) is 0.391. The van der Waals surface area contributed by atoms with Crippen molar-refractivity contribution in [3.63, 3.8) is 0 Å². The van der Waals surface area contributed by atoms with E-state index in [0.717, 1.165) is 40.3 Å². The summed E-state index contributed by atoms with van der Waals surface area (Å²) in [5.74, 6) is 0.842. The third-order valence-corrected chi connectivity index (χ3v) is 6.58. The Kier molecular flexibility index (Phi) is 6.39. The van der Waals surface area contributed by atoms with Crippen LogP contribution in [0, 0.1) is 0 Å². The number of methoxy groups -OCH3 is 1. The summed E-state index contributed by atoms with van der Waals surface area (Å²) in [7, 11) is 1.65. The van der Waals surface area contributed by atoms with Crippen LogP contribution in [0.1, 0.15) is 49.3 Å². The van der Waals surface area contributed by atoms with Crippen LogP contribution in [-0.4, -0.2) is 29.0 Å². The van der Waals surface area contributed by atoms with Gasteiger partial charge >= 0.3 is 0 Å². The number of rotatable bonds is 6. The van der Waals surface area contributed by atoms with E-state index < -0.39 is 0 Å². The van der Waals surface area contributed by atoms with Gasteiger partial charge in [-0.05, 0) is 30.5 Å². The highest BCUT2D eigenvalue weighted by Gasteiger charge is 2.26. The van der Waals surface area contributed by atoms with Crippen LogP contribution in [0.25, 0.3) is 11.0 Å². The van der Waals surface area contributed by atoms with Crippen LogP contribution >= 0.6 is 11.8 Å². The molecule has 1 fully saturated rings. The summed E-state index contributed by atoms with van der Waals surface area (Å²) in [6.07, 6.45) is 7.07. The molecule has 1 aliphatic rings. The van der Waals surface area contributed by atoms with E-state index >= 15 is 0 Å². The van der Waals surface area contributed by atoms with Gasteiger partial charge in [0.2, 0.25) is 5.91 Å². The monoisotopic (exact) mass is 409 g/mol. The topological polar surface area (TPSA) is 67.0 Å². The third-order valence-electron chi connectivity index (χ3n) is 5.44. The average Bonchev–Trinajstić information content (AvgIpc) is 2.98. The molecule has 2 N–H and O–H groups in total. The number of carbonyl (C=O) groups is 1. The van der Waals surface area contributed by atoms with Gasteiger partial charge in [-0.25, -0.2) is 4.98 Å². The van der Waals surface area contributed by atoms with Crippen molar-refractivity contribution in [2.24, 2.45) is 0 Å². The lowest BCUT2D eigenvalue weighted by Crippen LogP contribution is -2.37. The van der Waals surface area contributed by atoms with Gasteiger partial charge in [0.05, 0.1) is 18.1 Å². The Morgan fingerprint density at radius 3 is 2.62 bits per heavy atom. The first kappa shape index (κ1) is 19.8. The lowest BCUT2D eigenvalue weighted by atomic mass is 10.1. The van der Waals surface area contributed by atoms with Crippen LogP contribution in [0.4, 0.5) is 0 Å². The molecule has 0 bridgehead atoms. The van der Waals surface area contributed by atoms with Crippen LogP contribution in [0.2, 0.25) is 0 Å². The average molecular weight is 410 g/mol. The second-order valence-electron chi connectivity index (χ2n) is 7.53. The second kappa shape index (κ2) is 9.35. The van der Waals surface area contributed by atoms with Crippen LogP contribution in [-0.2, 0) is 4.79 Å². The molecule has 1 atom stereocenters. The van der Waals surface area contributed by atoms with Gasteiger partial charge in [-0.3, -0.25) is 4.79 Å². The summed E-state index contributed by atoms with van der Waals surface area (Å²) >= 11 is 1.46. The lowest BCUT2D eigenvalue weighted by molar-refractivity contribution is -0.121. The van der Waals surface area contributed by atoms with Crippen molar-refractivity contribution in [1.82, 2.24) is 15.3 Å². The Bertz CT molecular complexity index is 949. The third kappa shape index (κ3) is 4.93. The first-order valence-corrected chi connectivity index (χ1v) is 11.2. The van der Waals surface area contributed by atoms with E-state index in [2.05, 4.69) is 15.3 Å². The van der Waals surface area contributed by atoms with Crippen molar-refractivity contribution in [3.8, 4) is 5.75 Å². The smallest absolute Gasteiger partial charge is 0.238 e. The molecule has 29 heavy (non-hydrogen) atoms. The summed E-state index contributed by atoms with van der Waals surface area (Å²) in [5, 5.41) is 3.70. The summed E-state index contributed by atoms with van der Waals surface area (Å²) in [6, 6.07) is 16.0. The number of hydrogen-bond donors (Lipinski definition) is 2. The summed E-state index contributed by atoms with van der Waals surface area (Å²) in [5.41, 5.74) is 2.76. The molecule has 5 nitrogen and oxygen atoms in total. The maximum atomic E-state index is 13.3. The van der Waals surface area contributed by atoms with E-state index in [9.17, 15) is 4.79 Å². The molecule has 1 saturated carbocycles. The molecule has 1 unspecified atom stereocenters. The normalized spacial score (nSPS) is 16.3. The van der Waals surface area contributed by atoms with Gasteiger partial charge in [-0.2, -0.15) is 0 Å². The lowest BCUT2D eigenvalue weighted by Gasteiger charge is -2.21. The number of nitrogens with zero attached hydrogens (tertiary/aromatic N) is 1. The molecule has 152 valence electrons. The molecule has 2 aromatic carbocycles. The Balaban J connectivity index is 1.56. The van der Waals surface area contributed by atoms with Crippen molar-refractivity contribution < 1.29 is 9.53 Å². The minimum absolute atomic E-state index is 0.0612. The SMILES string of the molecule is COc1ccc2nc(SC(C(=O)NC3CCCCCC3)c3ccccc3)[nH]c2c1. The Labute approximate surface area is 175 Å². The quantitative estimate of drug-likeness (QED) is 0.431. The van der Waals surface area contributed by atoms with E-state index in [-0.39, 0.29) is 17.2 Å². The zero-order valence-corrected chi connectivity index (χ0v) is 17.5. The fourth-order valence-corrected chi connectivity index (χ4v) is 4.87. The molecule has 1 aromatic heterocycles. The number of aromatic nitrogens is 2. The number of aromatic amines is 1. The van der Waals surface area contributed by atoms with E-state index in [0.29, 0.717) is 0 Å². The van der Waals surface area contributed by atoms with E-state index in [1.54, 1.807) is 7.11 Å². The summed E-state index contributed by atoms with van der Waals surface area (Å²) < 4.78 is 5.30. The maximum Gasteiger partial charge on any atom is 0.238 e. The number of nitrogens with one attached hydrogen (secondary N) is 2. The molecule has 0 saturated heterocycles. The highest BCUT2D eigenvalue weighted by atomic mass is 32.2. The number of imidazole rings is 1. The van der Waals surface area contributed by atoms with Crippen LogP contribution < -0.4 is 10.1 Å². The van der Waals surface area contributed by atoms with Crippen molar-refractivity contribution in [3.05, 3.63) is 54.1 Å². The number of ether oxygens (including phenoxy) is 1. The first-order valence-electron chi connectivity index (χ1n) is 10.3.